The first-order valence-electron chi connectivity index (χ1n) is 11.4. The number of Topliss-reactive ketones (excluding diaryl/α,β-unsaturated/α-hetero) is 1. The Morgan fingerprint density at radius 2 is 1.64 bits per heavy atom. The second-order valence-corrected chi connectivity index (χ2v) is 8.31. The quantitative estimate of drug-likeness (QED) is 0.555. The highest BCUT2D eigenvalue weighted by Gasteiger charge is 2.30. The fourth-order valence-electron chi connectivity index (χ4n) is 4.22. The van der Waals surface area contributed by atoms with Gasteiger partial charge in [-0.25, -0.2) is 0 Å². The van der Waals surface area contributed by atoms with Gasteiger partial charge in [0.1, 0.15) is 5.75 Å². The summed E-state index contributed by atoms with van der Waals surface area (Å²) in [5, 5.41) is 3.03. The van der Waals surface area contributed by atoms with E-state index in [1.165, 1.54) is 0 Å². The van der Waals surface area contributed by atoms with Crippen LogP contribution in [0, 0.1) is 5.92 Å². The number of amides is 1. The van der Waals surface area contributed by atoms with Gasteiger partial charge in [-0.3, -0.25) is 14.5 Å². The van der Waals surface area contributed by atoms with Crippen molar-refractivity contribution in [1.29, 1.82) is 0 Å². The van der Waals surface area contributed by atoms with Gasteiger partial charge in [-0.1, -0.05) is 6.07 Å². The second-order valence-electron chi connectivity index (χ2n) is 8.31. The molecule has 7 nitrogen and oxygen atoms in total. The molecule has 1 unspecified atom stereocenters. The van der Waals surface area contributed by atoms with Crippen LogP contribution in [0.15, 0.2) is 42.5 Å². The molecule has 0 bridgehead atoms. The number of ether oxygens (including phenoxy) is 3. The van der Waals surface area contributed by atoms with Gasteiger partial charge in [0.25, 0.3) is 0 Å². The summed E-state index contributed by atoms with van der Waals surface area (Å²) in [4.78, 5) is 27.6. The van der Waals surface area contributed by atoms with Gasteiger partial charge in [0.05, 0.1) is 27.4 Å². The van der Waals surface area contributed by atoms with Crippen molar-refractivity contribution in [2.75, 3.05) is 41.0 Å². The molecule has 178 valence electrons. The number of hydrogen-bond acceptors (Lipinski definition) is 6. The highest BCUT2D eigenvalue weighted by molar-refractivity contribution is 5.98. The molecule has 1 aliphatic rings. The molecule has 1 N–H and O–H groups in total. The van der Waals surface area contributed by atoms with Gasteiger partial charge in [-0.05, 0) is 81.2 Å². The van der Waals surface area contributed by atoms with Gasteiger partial charge in [-0.15, -0.1) is 0 Å². The standard InChI is InChI=1S/C26H34N2O5/c1-18(26(30)27-14-11-19-5-10-23(32-3)24(17-19)33-4)28-15-12-21(13-16-28)25(29)20-6-8-22(31-2)9-7-20/h5-10,17-18,21H,11-16H2,1-4H3,(H,27,30). The van der Waals surface area contributed by atoms with E-state index in [2.05, 4.69) is 10.2 Å². The predicted octanol–water partition coefficient (Wildman–Crippen LogP) is 3.35. The van der Waals surface area contributed by atoms with Crippen molar-refractivity contribution in [3.8, 4) is 17.2 Å². The van der Waals surface area contributed by atoms with Crippen LogP contribution in [0.2, 0.25) is 0 Å². The molecule has 1 saturated heterocycles. The Kier molecular flexibility index (Phi) is 8.72. The van der Waals surface area contributed by atoms with E-state index in [0.717, 1.165) is 42.8 Å². The Bertz CT molecular complexity index is 936. The van der Waals surface area contributed by atoms with Crippen molar-refractivity contribution in [1.82, 2.24) is 10.2 Å². The lowest BCUT2D eigenvalue weighted by Gasteiger charge is -2.34. The lowest BCUT2D eigenvalue weighted by molar-refractivity contribution is -0.126. The molecule has 3 rings (SSSR count). The van der Waals surface area contributed by atoms with E-state index in [1.54, 1.807) is 21.3 Å². The molecule has 1 aliphatic heterocycles. The largest absolute Gasteiger partial charge is 0.497 e. The molecule has 2 aromatic carbocycles. The van der Waals surface area contributed by atoms with Crippen LogP contribution in [0.4, 0.5) is 0 Å². The number of carbonyl (C=O) groups excluding carboxylic acids is 2. The lowest BCUT2D eigenvalue weighted by atomic mass is 9.88. The number of nitrogens with one attached hydrogen (secondary N) is 1. The molecule has 1 atom stereocenters. The molecule has 0 aliphatic carbocycles. The molecule has 2 aromatic rings. The summed E-state index contributed by atoms with van der Waals surface area (Å²) in [6.07, 6.45) is 2.22. The minimum absolute atomic E-state index is 0.00467. The summed E-state index contributed by atoms with van der Waals surface area (Å²) in [6.45, 7) is 3.94. The van der Waals surface area contributed by atoms with Crippen LogP contribution < -0.4 is 19.5 Å². The smallest absolute Gasteiger partial charge is 0.237 e. The highest BCUT2D eigenvalue weighted by atomic mass is 16.5. The molecule has 0 spiro atoms. The number of ketones is 1. The van der Waals surface area contributed by atoms with Crippen LogP contribution in [-0.4, -0.2) is 63.6 Å². The molecule has 7 heteroatoms. The van der Waals surface area contributed by atoms with Gasteiger partial charge in [0.15, 0.2) is 17.3 Å². The van der Waals surface area contributed by atoms with Crippen molar-refractivity contribution >= 4 is 11.7 Å². The zero-order valence-corrected chi connectivity index (χ0v) is 19.9. The van der Waals surface area contributed by atoms with E-state index in [9.17, 15) is 9.59 Å². The molecule has 0 radical (unpaired) electrons. The van der Waals surface area contributed by atoms with Crippen LogP contribution in [0.3, 0.4) is 0 Å². The number of hydrogen-bond donors (Lipinski definition) is 1. The molecule has 1 amide bonds. The average Bonchev–Trinajstić information content (AvgIpc) is 2.87. The molecule has 33 heavy (non-hydrogen) atoms. The van der Waals surface area contributed by atoms with Crippen molar-refractivity contribution in [2.24, 2.45) is 5.92 Å². The maximum Gasteiger partial charge on any atom is 0.237 e. The predicted molar refractivity (Wildman–Crippen MR) is 127 cm³/mol. The molecular weight excluding hydrogens is 420 g/mol. The maximum atomic E-state index is 12.8. The van der Waals surface area contributed by atoms with Gasteiger partial charge in [0, 0.05) is 18.0 Å². The summed E-state index contributed by atoms with van der Waals surface area (Å²) >= 11 is 0. The van der Waals surface area contributed by atoms with E-state index in [-0.39, 0.29) is 23.7 Å². The summed E-state index contributed by atoms with van der Waals surface area (Å²) in [7, 11) is 4.83. The van der Waals surface area contributed by atoms with E-state index in [4.69, 9.17) is 14.2 Å². The summed E-state index contributed by atoms with van der Waals surface area (Å²) < 4.78 is 15.8. The van der Waals surface area contributed by atoms with Crippen LogP contribution in [-0.2, 0) is 11.2 Å². The number of piperidine rings is 1. The van der Waals surface area contributed by atoms with Crippen LogP contribution in [0.25, 0.3) is 0 Å². The summed E-state index contributed by atoms with van der Waals surface area (Å²) in [6, 6.07) is 12.8. The minimum Gasteiger partial charge on any atom is -0.497 e. The first-order chi connectivity index (χ1) is 16.0. The Balaban J connectivity index is 1.44. The van der Waals surface area contributed by atoms with Crippen molar-refractivity contribution in [3.63, 3.8) is 0 Å². The third-order valence-electron chi connectivity index (χ3n) is 6.36. The third kappa shape index (κ3) is 6.26. The number of carbonyl (C=O) groups is 2. The molecule has 1 fully saturated rings. The minimum atomic E-state index is -0.229. The van der Waals surface area contributed by atoms with E-state index in [1.807, 2.05) is 49.4 Å². The van der Waals surface area contributed by atoms with E-state index in [0.29, 0.717) is 24.5 Å². The van der Waals surface area contributed by atoms with Gasteiger partial charge >= 0.3 is 0 Å². The second kappa shape index (κ2) is 11.7. The fraction of sp³-hybridized carbons (Fsp3) is 0.462. The molecule has 0 saturated carbocycles. The van der Waals surface area contributed by atoms with Gasteiger partial charge < -0.3 is 19.5 Å². The Morgan fingerprint density at radius 3 is 2.24 bits per heavy atom. The van der Waals surface area contributed by atoms with E-state index >= 15 is 0 Å². The van der Waals surface area contributed by atoms with E-state index < -0.39 is 0 Å². The first kappa shape index (κ1) is 24.6. The number of rotatable bonds is 10. The van der Waals surface area contributed by atoms with Crippen LogP contribution >= 0.6 is 0 Å². The van der Waals surface area contributed by atoms with Crippen molar-refractivity contribution in [2.45, 2.75) is 32.2 Å². The zero-order valence-electron chi connectivity index (χ0n) is 19.9. The SMILES string of the molecule is COc1ccc(C(=O)C2CCN(C(C)C(=O)NCCc3ccc(OC)c(OC)c3)CC2)cc1. The monoisotopic (exact) mass is 454 g/mol. The number of nitrogens with zero attached hydrogens (tertiary/aromatic N) is 1. The maximum absolute atomic E-state index is 12.8. The molecular formula is C26H34N2O5. The first-order valence-corrected chi connectivity index (χ1v) is 11.4. The van der Waals surface area contributed by atoms with Crippen LogP contribution in [0.1, 0.15) is 35.7 Å². The Morgan fingerprint density at radius 1 is 0.970 bits per heavy atom. The molecule has 1 heterocycles. The zero-order chi connectivity index (χ0) is 23.8. The van der Waals surface area contributed by atoms with Gasteiger partial charge in [-0.2, -0.15) is 0 Å². The lowest BCUT2D eigenvalue weighted by Crippen LogP contribution is -2.49. The third-order valence-corrected chi connectivity index (χ3v) is 6.36. The summed E-state index contributed by atoms with van der Waals surface area (Å²) in [5.74, 6) is 2.29. The van der Waals surface area contributed by atoms with Crippen molar-refractivity contribution in [3.05, 3.63) is 53.6 Å². The Hall–Kier alpha value is -3.06. The fourth-order valence-corrected chi connectivity index (χ4v) is 4.22. The number of methoxy groups -OCH3 is 3. The Labute approximate surface area is 196 Å². The van der Waals surface area contributed by atoms with Crippen LogP contribution in [0.5, 0.6) is 17.2 Å². The normalized spacial score (nSPS) is 15.5. The topological polar surface area (TPSA) is 77.1 Å². The van der Waals surface area contributed by atoms with Crippen molar-refractivity contribution < 1.29 is 23.8 Å². The summed E-state index contributed by atoms with van der Waals surface area (Å²) in [5.41, 5.74) is 1.79. The average molecular weight is 455 g/mol. The molecule has 0 aromatic heterocycles. The number of benzene rings is 2. The van der Waals surface area contributed by atoms with Gasteiger partial charge in [0.2, 0.25) is 5.91 Å². The number of likely N-dealkylation sites (tertiary alicyclic amines) is 1. The highest BCUT2D eigenvalue weighted by Crippen LogP contribution is 2.28.